The molecule has 0 fully saturated rings. The highest BCUT2D eigenvalue weighted by Crippen LogP contribution is 2.20. The molecule has 0 aliphatic heterocycles. The summed E-state index contributed by atoms with van der Waals surface area (Å²) in [6.45, 7) is 0. The van der Waals surface area contributed by atoms with Crippen LogP contribution in [0.4, 0.5) is 0 Å². The maximum absolute atomic E-state index is 11.6. The van der Waals surface area contributed by atoms with Crippen LogP contribution in [0.15, 0.2) is 34.0 Å². The Balaban J connectivity index is 2.35. The summed E-state index contributed by atoms with van der Waals surface area (Å²) in [4.78, 5) is 14.5. The minimum atomic E-state index is -0.128. The van der Waals surface area contributed by atoms with E-state index in [1.54, 1.807) is 6.20 Å². The first-order valence-corrected chi connectivity index (χ1v) is 6.89. The van der Waals surface area contributed by atoms with Gasteiger partial charge in [0.2, 0.25) is 0 Å². The second-order valence-corrected chi connectivity index (χ2v) is 5.57. The first kappa shape index (κ1) is 13.8. The Bertz CT molecular complexity index is 716. The highest BCUT2D eigenvalue weighted by Gasteiger charge is 1.96. The number of aromatic nitrogens is 2. The van der Waals surface area contributed by atoms with Gasteiger partial charge in [-0.05, 0) is 24.3 Å². The van der Waals surface area contributed by atoms with Crippen molar-refractivity contribution in [1.29, 1.82) is 0 Å². The third kappa shape index (κ3) is 3.68. The molecular weight excluding hydrogens is 282 g/mol. The summed E-state index contributed by atoms with van der Waals surface area (Å²) in [6.07, 6.45) is 1.78. The van der Waals surface area contributed by atoms with Gasteiger partial charge >= 0.3 is 0 Å². The first-order chi connectivity index (χ1) is 9.06. The summed E-state index contributed by atoms with van der Waals surface area (Å²) in [5.74, 6) is 0. The zero-order chi connectivity index (χ0) is 13.8. The van der Waals surface area contributed by atoms with Crippen LogP contribution in [0.2, 0.25) is 5.02 Å². The molecule has 1 heterocycles. The van der Waals surface area contributed by atoms with Crippen molar-refractivity contribution in [2.45, 2.75) is 4.90 Å². The molecule has 0 atom stereocenters. The van der Waals surface area contributed by atoms with Crippen LogP contribution >= 0.6 is 23.4 Å². The van der Waals surface area contributed by atoms with E-state index < -0.39 is 0 Å². The van der Waals surface area contributed by atoms with Crippen LogP contribution in [0.5, 0.6) is 0 Å². The fourth-order valence-corrected chi connectivity index (χ4v) is 2.36. The average Bonchev–Trinajstić information content (AvgIpc) is 2.70. The lowest BCUT2D eigenvalue weighted by Crippen LogP contribution is -2.35. The summed E-state index contributed by atoms with van der Waals surface area (Å²) < 4.78 is 0. The normalized spacial score (nSPS) is 13.0. The van der Waals surface area contributed by atoms with Crippen molar-refractivity contribution < 1.29 is 0 Å². The smallest absolute Gasteiger partial charge is 0.273 e. The van der Waals surface area contributed by atoms with Gasteiger partial charge in [-0.15, -0.1) is 0 Å². The van der Waals surface area contributed by atoms with Gasteiger partial charge in [-0.3, -0.25) is 15.0 Å². The zero-order valence-electron chi connectivity index (χ0n) is 10.6. The van der Waals surface area contributed by atoms with Crippen LogP contribution in [0, 0.1) is 0 Å². The first-order valence-electron chi connectivity index (χ1n) is 5.63. The van der Waals surface area contributed by atoms with Crippen molar-refractivity contribution in [1.82, 2.24) is 15.1 Å². The lowest BCUT2D eigenvalue weighted by atomic mass is 10.4. The Kier molecular flexibility index (Phi) is 4.39. The number of aromatic amines is 2. The van der Waals surface area contributed by atoms with E-state index in [1.807, 2.05) is 48.7 Å². The molecule has 0 spiro atoms. The van der Waals surface area contributed by atoms with Crippen molar-refractivity contribution >= 4 is 35.0 Å². The van der Waals surface area contributed by atoms with Gasteiger partial charge in [-0.25, -0.2) is 0 Å². The molecule has 6 heteroatoms. The quantitative estimate of drug-likeness (QED) is 0.836. The number of hydrogen-bond acceptors (Lipinski definition) is 3. The van der Waals surface area contributed by atoms with Gasteiger partial charge in [-0.2, -0.15) is 0 Å². The van der Waals surface area contributed by atoms with Crippen LogP contribution in [0.1, 0.15) is 0 Å². The molecular formula is C13H14ClN3OS. The minimum absolute atomic E-state index is 0.128. The molecule has 2 rings (SSSR count). The van der Waals surface area contributed by atoms with Gasteiger partial charge in [0.15, 0.2) is 0 Å². The van der Waals surface area contributed by atoms with Crippen LogP contribution in [-0.4, -0.2) is 29.2 Å². The summed E-state index contributed by atoms with van der Waals surface area (Å²) in [7, 11) is 3.76. The van der Waals surface area contributed by atoms with E-state index in [-0.39, 0.29) is 5.56 Å². The minimum Gasteiger partial charge on any atom is -0.383 e. The second kappa shape index (κ2) is 6.04. The Morgan fingerprint density at radius 3 is 2.53 bits per heavy atom. The van der Waals surface area contributed by atoms with Gasteiger partial charge in [0, 0.05) is 35.6 Å². The fourth-order valence-electron chi connectivity index (χ4n) is 1.50. The Labute approximate surface area is 119 Å². The molecule has 0 unspecified atom stereocenters. The molecule has 19 heavy (non-hydrogen) atoms. The van der Waals surface area contributed by atoms with Gasteiger partial charge in [0.25, 0.3) is 5.56 Å². The number of benzene rings is 1. The number of rotatable bonds is 3. The number of halogens is 1. The molecule has 0 amide bonds. The molecule has 0 radical (unpaired) electrons. The number of H-pyrrole nitrogens is 2. The predicted molar refractivity (Wildman–Crippen MR) is 80.6 cm³/mol. The third-order valence-electron chi connectivity index (χ3n) is 2.36. The van der Waals surface area contributed by atoms with E-state index in [0.717, 1.165) is 10.2 Å². The molecule has 0 aliphatic rings. The number of thioether (sulfide) groups is 1. The molecule has 0 saturated carbocycles. The van der Waals surface area contributed by atoms with Crippen molar-refractivity contribution in [3.63, 3.8) is 0 Å². The van der Waals surface area contributed by atoms with E-state index in [2.05, 4.69) is 10.2 Å². The largest absolute Gasteiger partial charge is 0.383 e. The highest BCUT2D eigenvalue weighted by molar-refractivity contribution is 8.06. The molecule has 0 bridgehead atoms. The average molecular weight is 296 g/mol. The van der Waals surface area contributed by atoms with Gasteiger partial charge < -0.3 is 4.90 Å². The van der Waals surface area contributed by atoms with Crippen LogP contribution in [0.3, 0.4) is 0 Å². The predicted octanol–water partition coefficient (Wildman–Crippen LogP) is 1.19. The molecule has 0 saturated heterocycles. The molecule has 1 aromatic heterocycles. The number of nitrogens with one attached hydrogen (secondary N) is 2. The standard InChI is InChI=1S/C13H14ClN3OS/c1-17(2)7-11-12(15-16-13(11)18)8-19-10-5-3-9(14)4-6-10/h3-8,15H,1-2H3,(H,16,18)/b11-7?,12-8+. The van der Waals surface area contributed by atoms with E-state index in [1.165, 1.54) is 11.8 Å². The summed E-state index contributed by atoms with van der Waals surface area (Å²) in [5, 5.41) is 9.44. The fraction of sp³-hybridized carbons (Fsp3) is 0.154. The molecule has 2 aromatic rings. The Morgan fingerprint density at radius 2 is 1.89 bits per heavy atom. The van der Waals surface area contributed by atoms with Crippen molar-refractivity contribution in [2.24, 2.45) is 0 Å². The molecule has 1 aromatic carbocycles. The number of nitrogens with zero attached hydrogens (tertiary/aromatic N) is 1. The molecule has 0 aliphatic carbocycles. The number of hydrogen-bond donors (Lipinski definition) is 2. The van der Waals surface area contributed by atoms with Crippen molar-refractivity contribution in [3.05, 3.63) is 50.2 Å². The molecule has 100 valence electrons. The SMILES string of the molecule is CN(C)C=c1c(=O)[nH][nH]/c1=C/Sc1ccc(Cl)cc1. The van der Waals surface area contributed by atoms with E-state index in [0.29, 0.717) is 10.2 Å². The highest BCUT2D eigenvalue weighted by atomic mass is 35.5. The lowest BCUT2D eigenvalue weighted by Gasteiger charge is -2.00. The van der Waals surface area contributed by atoms with Crippen molar-refractivity contribution in [2.75, 3.05) is 14.1 Å². The van der Waals surface area contributed by atoms with Gasteiger partial charge in [0.05, 0.1) is 10.6 Å². The van der Waals surface area contributed by atoms with E-state index in [9.17, 15) is 4.79 Å². The zero-order valence-corrected chi connectivity index (χ0v) is 12.2. The monoisotopic (exact) mass is 295 g/mol. The second-order valence-electron chi connectivity index (χ2n) is 4.19. The van der Waals surface area contributed by atoms with E-state index in [4.69, 9.17) is 11.6 Å². The summed E-state index contributed by atoms with van der Waals surface area (Å²) >= 11 is 7.36. The van der Waals surface area contributed by atoms with Gasteiger partial charge in [-0.1, -0.05) is 23.4 Å². The maximum Gasteiger partial charge on any atom is 0.273 e. The maximum atomic E-state index is 11.6. The molecule has 2 N–H and O–H groups in total. The van der Waals surface area contributed by atoms with Crippen LogP contribution < -0.4 is 16.1 Å². The molecule has 4 nitrogen and oxygen atoms in total. The summed E-state index contributed by atoms with van der Waals surface area (Å²) in [5.41, 5.74) is -0.128. The van der Waals surface area contributed by atoms with Crippen molar-refractivity contribution in [3.8, 4) is 0 Å². The Morgan fingerprint density at radius 1 is 1.21 bits per heavy atom. The van der Waals surface area contributed by atoms with Crippen LogP contribution in [0.25, 0.3) is 11.6 Å². The lowest BCUT2D eigenvalue weighted by molar-refractivity contribution is 0.613. The van der Waals surface area contributed by atoms with Gasteiger partial charge in [0.1, 0.15) is 0 Å². The summed E-state index contributed by atoms with van der Waals surface area (Å²) in [6, 6.07) is 7.54. The van der Waals surface area contributed by atoms with Crippen LogP contribution in [-0.2, 0) is 0 Å². The Hall–Kier alpha value is -1.59. The van der Waals surface area contributed by atoms with E-state index >= 15 is 0 Å². The third-order valence-corrected chi connectivity index (χ3v) is 3.51. The topological polar surface area (TPSA) is 51.9 Å².